The smallest absolute Gasteiger partial charge is 0.271 e. The molecule has 13 heteroatoms. The summed E-state index contributed by atoms with van der Waals surface area (Å²) >= 11 is 11.5. The third-order valence-electron chi connectivity index (χ3n) is 5.25. The van der Waals surface area contributed by atoms with Crippen molar-refractivity contribution in [3.05, 3.63) is 80.9 Å². The number of nitrogens with zero attached hydrogens (tertiary/aromatic N) is 4. The largest absolute Gasteiger partial charge is 0.325 e. The number of benzene rings is 3. The molecule has 0 saturated heterocycles. The maximum Gasteiger partial charge on any atom is 0.271 e. The summed E-state index contributed by atoms with van der Waals surface area (Å²) in [5.74, 6) is -1.57. The molecule has 0 saturated carbocycles. The summed E-state index contributed by atoms with van der Waals surface area (Å²) < 4.78 is 0. The number of pyridine rings is 1. The Balaban J connectivity index is 2.00. The number of hydrogen-bond acceptors (Lipinski definition) is 7. The second-order valence-corrected chi connectivity index (χ2v) is 8.00. The molecular weight excluding hydrogens is 513 g/mol. The minimum absolute atomic E-state index is 0.158. The molecule has 1 N–H and O–H groups in total. The van der Waals surface area contributed by atoms with E-state index in [1.54, 1.807) is 24.3 Å². The predicted molar refractivity (Wildman–Crippen MR) is 136 cm³/mol. The Hall–Kier alpha value is -4.35. The first-order valence-electron chi connectivity index (χ1n) is 10.2. The van der Waals surface area contributed by atoms with E-state index in [1.165, 1.54) is 41.3 Å². The number of nitro benzene ring substituents is 2. The molecule has 4 aromatic rings. The first-order valence-corrected chi connectivity index (χ1v) is 11.3. The number of nitro groups is 2. The highest BCUT2D eigenvalue weighted by molar-refractivity contribution is 6.32. The second-order valence-electron chi connectivity index (χ2n) is 7.47. The van der Waals surface area contributed by atoms with Crippen LogP contribution in [0.5, 0.6) is 0 Å². The fourth-order valence-corrected chi connectivity index (χ4v) is 3.90. The lowest BCUT2D eigenvalue weighted by atomic mass is 10.0. The number of alkyl halides is 2. The topological polar surface area (TPSA) is 149 Å². The molecule has 2 amide bonds. The monoisotopic (exact) mass is 527 g/mol. The van der Waals surface area contributed by atoms with Gasteiger partial charge in [0.1, 0.15) is 11.8 Å². The van der Waals surface area contributed by atoms with Gasteiger partial charge in [-0.15, -0.1) is 23.2 Å². The average Bonchev–Trinajstić information content (AvgIpc) is 2.88. The number of amides is 2. The van der Waals surface area contributed by atoms with Crippen molar-refractivity contribution in [3.8, 4) is 0 Å². The molecule has 0 radical (unpaired) electrons. The second kappa shape index (κ2) is 10.1. The molecule has 36 heavy (non-hydrogen) atoms. The Morgan fingerprint density at radius 1 is 0.833 bits per heavy atom. The molecule has 0 aliphatic rings. The van der Waals surface area contributed by atoms with Crippen LogP contribution in [-0.4, -0.2) is 38.4 Å². The SMILES string of the molecule is O=C(CCl)Nc1ccc(N(C(=O)CCl)c2c3ccc([N+](=O)[O-])cc3nc3cc([N+](=O)[O-])ccc23)cc1. The van der Waals surface area contributed by atoms with E-state index in [0.717, 1.165) is 0 Å². The van der Waals surface area contributed by atoms with Crippen molar-refractivity contribution < 1.29 is 19.4 Å². The van der Waals surface area contributed by atoms with Gasteiger partial charge in [0, 0.05) is 46.4 Å². The van der Waals surface area contributed by atoms with Crippen molar-refractivity contribution in [3.63, 3.8) is 0 Å². The van der Waals surface area contributed by atoms with Gasteiger partial charge >= 0.3 is 0 Å². The van der Waals surface area contributed by atoms with E-state index in [2.05, 4.69) is 10.3 Å². The Morgan fingerprint density at radius 2 is 1.36 bits per heavy atom. The predicted octanol–water partition coefficient (Wildman–Crippen LogP) is 5.29. The van der Waals surface area contributed by atoms with E-state index in [9.17, 15) is 29.8 Å². The zero-order valence-corrected chi connectivity index (χ0v) is 19.7. The number of aromatic nitrogens is 1. The number of non-ortho nitro benzene ring substituents is 2. The number of nitrogens with one attached hydrogen (secondary N) is 1. The average molecular weight is 528 g/mol. The van der Waals surface area contributed by atoms with E-state index < -0.39 is 27.5 Å². The van der Waals surface area contributed by atoms with Crippen LogP contribution < -0.4 is 10.2 Å². The van der Waals surface area contributed by atoms with Crippen molar-refractivity contribution in [2.75, 3.05) is 22.0 Å². The van der Waals surface area contributed by atoms with E-state index >= 15 is 0 Å². The van der Waals surface area contributed by atoms with Crippen molar-refractivity contribution >= 4 is 85.3 Å². The summed E-state index contributed by atoms with van der Waals surface area (Å²) in [5, 5.41) is 26.1. The van der Waals surface area contributed by atoms with Crippen LogP contribution in [0.15, 0.2) is 60.7 Å². The Kier molecular flexibility index (Phi) is 6.95. The number of hydrogen-bond donors (Lipinski definition) is 1. The van der Waals surface area contributed by atoms with Gasteiger partial charge in [0.15, 0.2) is 0 Å². The van der Waals surface area contributed by atoms with Crippen LogP contribution in [0.3, 0.4) is 0 Å². The van der Waals surface area contributed by atoms with Crippen molar-refractivity contribution in [2.45, 2.75) is 0 Å². The van der Waals surface area contributed by atoms with Crippen LogP contribution in [0.1, 0.15) is 0 Å². The number of anilines is 3. The zero-order valence-electron chi connectivity index (χ0n) is 18.2. The van der Waals surface area contributed by atoms with E-state index in [0.29, 0.717) is 27.8 Å². The molecular formula is C23H15Cl2N5O6. The Bertz CT molecular complexity index is 1470. The molecule has 4 rings (SSSR count). The van der Waals surface area contributed by atoms with Gasteiger partial charge in [0.2, 0.25) is 11.8 Å². The van der Waals surface area contributed by atoms with Gasteiger partial charge in [-0.2, -0.15) is 0 Å². The highest BCUT2D eigenvalue weighted by Gasteiger charge is 2.25. The van der Waals surface area contributed by atoms with Crippen molar-refractivity contribution in [1.29, 1.82) is 0 Å². The molecule has 0 fully saturated rings. The van der Waals surface area contributed by atoms with Crippen LogP contribution >= 0.6 is 23.2 Å². The third kappa shape index (κ3) is 4.74. The first-order chi connectivity index (χ1) is 17.2. The summed E-state index contributed by atoms with van der Waals surface area (Å²) in [6, 6.07) is 14.2. The van der Waals surface area contributed by atoms with Crippen LogP contribution in [0, 0.1) is 20.2 Å². The van der Waals surface area contributed by atoms with E-state index in [1.807, 2.05) is 0 Å². The fraction of sp³-hybridized carbons (Fsp3) is 0.0870. The van der Waals surface area contributed by atoms with Crippen molar-refractivity contribution in [2.24, 2.45) is 0 Å². The molecule has 3 aromatic carbocycles. The lowest BCUT2D eigenvalue weighted by Crippen LogP contribution is -2.27. The number of carbonyl (C=O) groups is 2. The van der Waals surface area contributed by atoms with Gasteiger partial charge in [-0.05, 0) is 36.4 Å². The van der Waals surface area contributed by atoms with E-state index in [-0.39, 0.29) is 28.3 Å². The minimum atomic E-state index is -0.589. The molecule has 0 aliphatic carbocycles. The molecule has 0 spiro atoms. The molecule has 0 atom stereocenters. The van der Waals surface area contributed by atoms with Gasteiger partial charge in [-0.1, -0.05) is 0 Å². The highest BCUT2D eigenvalue weighted by atomic mass is 35.5. The zero-order chi connectivity index (χ0) is 26.0. The van der Waals surface area contributed by atoms with Gasteiger partial charge in [0.25, 0.3) is 11.4 Å². The summed E-state index contributed by atoms with van der Waals surface area (Å²) in [6.45, 7) is 0. The number of rotatable bonds is 7. The molecule has 11 nitrogen and oxygen atoms in total. The maximum atomic E-state index is 13.1. The first kappa shape index (κ1) is 24.8. The van der Waals surface area contributed by atoms with Gasteiger partial charge in [0.05, 0.1) is 26.6 Å². The van der Waals surface area contributed by atoms with Crippen LogP contribution in [0.25, 0.3) is 21.8 Å². The maximum absolute atomic E-state index is 13.1. The lowest BCUT2D eigenvalue weighted by Gasteiger charge is -2.25. The van der Waals surface area contributed by atoms with Gasteiger partial charge in [-0.3, -0.25) is 34.7 Å². The summed E-state index contributed by atoms with van der Waals surface area (Å²) in [7, 11) is 0. The van der Waals surface area contributed by atoms with E-state index in [4.69, 9.17) is 23.2 Å². The Morgan fingerprint density at radius 3 is 1.81 bits per heavy atom. The minimum Gasteiger partial charge on any atom is -0.325 e. The number of fused-ring (bicyclic) bond motifs is 2. The van der Waals surface area contributed by atoms with Crippen LogP contribution in [0.2, 0.25) is 0 Å². The quantitative estimate of drug-likeness (QED) is 0.148. The molecule has 0 unspecified atom stereocenters. The molecule has 1 aromatic heterocycles. The summed E-state index contributed by atoms with van der Waals surface area (Å²) in [5.41, 5.74) is 0.952. The molecule has 0 aliphatic heterocycles. The fourth-order valence-electron chi connectivity index (χ4n) is 3.71. The van der Waals surface area contributed by atoms with Gasteiger partial charge in [-0.25, -0.2) is 4.98 Å². The number of halogens is 2. The van der Waals surface area contributed by atoms with Crippen LogP contribution in [-0.2, 0) is 9.59 Å². The normalized spacial score (nSPS) is 10.8. The molecule has 0 bridgehead atoms. The molecule has 1 heterocycles. The lowest BCUT2D eigenvalue weighted by molar-refractivity contribution is -0.384. The number of carbonyl (C=O) groups excluding carboxylic acids is 2. The highest BCUT2D eigenvalue weighted by Crippen LogP contribution is 2.40. The Labute approximate surface area is 212 Å². The van der Waals surface area contributed by atoms with Gasteiger partial charge < -0.3 is 5.32 Å². The standard InChI is InChI=1S/C23H15Cl2N5O6/c24-11-21(31)26-13-1-3-14(4-2-13)28(22(32)12-25)23-17-7-5-15(29(33)34)9-19(17)27-20-10-16(30(35)36)6-8-18(20)23/h1-10H,11-12H2,(H,26,31). The summed E-state index contributed by atoms with van der Waals surface area (Å²) in [6.07, 6.45) is 0. The summed E-state index contributed by atoms with van der Waals surface area (Å²) in [4.78, 5) is 51.9. The molecule has 182 valence electrons. The van der Waals surface area contributed by atoms with Crippen molar-refractivity contribution in [1.82, 2.24) is 4.98 Å². The third-order valence-corrected chi connectivity index (χ3v) is 5.72. The van der Waals surface area contributed by atoms with Crippen LogP contribution in [0.4, 0.5) is 28.4 Å².